The average Bonchev–Trinajstić information content (AvgIpc) is 3.08. The number of anilines is 1. The van der Waals surface area contributed by atoms with E-state index in [2.05, 4.69) is 39.9 Å². The Morgan fingerprint density at radius 3 is 2.80 bits per heavy atom. The normalized spacial score (nSPS) is 27.1. The molecule has 1 aliphatic heterocycles. The molecule has 0 amide bonds. The van der Waals surface area contributed by atoms with Crippen LogP contribution in [0.15, 0.2) is 11.1 Å². The molecule has 2 aromatic heterocycles. The fourth-order valence-corrected chi connectivity index (χ4v) is 3.86. The molecule has 3 heterocycles. The molecule has 1 fully saturated rings. The number of nitrogens with zero attached hydrogens (tertiary/aromatic N) is 3. The highest BCUT2D eigenvalue weighted by molar-refractivity contribution is 7.72. The Bertz CT molecular complexity index is 872. The van der Waals surface area contributed by atoms with Crippen LogP contribution < -0.4 is 10.9 Å². The van der Waals surface area contributed by atoms with Crippen LogP contribution in [0.25, 0.3) is 11.2 Å². The van der Waals surface area contributed by atoms with E-state index in [1.165, 1.54) is 10.9 Å². The molecule has 2 aromatic rings. The van der Waals surface area contributed by atoms with Crippen molar-refractivity contribution in [2.24, 2.45) is 0 Å². The van der Waals surface area contributed by atoms with Gasteiger partial charge in [0.15, 0.2) is 17.4 Å². The van der Waals surface area contributed by atoms with Crippen LogP contribution in [0, 0.1) is 0 Å². The van der Waals surface area contributed by atoms with Crippen LogP contribution in [0.1, 0.15) is 12.6 Å². The minimum atomic E-state index is -1.26. The third kappa shape index (κ3) is 3.50. The van der Waals surface area contributed by atoms with Crippen molar-refractivity contribution >= 4 is 30.3 Å². The zero-order valence-corrected chi connectivity index (χ0v) is 15.4. The van der Waals surface area contributed by atoms with Crippen molar-refractivity contribution in [2.75, 3.05) is 31.9 Å². The van der Waals surface area contributed by atoms with Crippen molar-refractivity contribution in [3.8, 4) is 0 Å². The monoisotopic (exact) mass is 369 g/mol. The molecule has 0 bridgehead atoms. The van der Waals surface area contributed by atoms with E-state index in [9.17, 15) is 15.0 Å². The first kappa shape index (κ1) is 18.1. The summed E-state index contributed by atoms with van der Waals surface area (Å²) in [6.45, 7) is 2.97. The molecule has 0 aliphatic carbocycles. The molecular weight excluding hydrogens is 345 g/mol. The van der Waals surface area contributed by atoms with Gasteiger partial charge in [-0.25, -0.2) is 4.98 Å². The summed E-state index contributed by atoms with van der Waals surface area (Å²) in [5.41, 5.74) is 0.0498. The van der Waals surface area contributed by atoms with Gasteiger partial charge < -0.3 is 20.3 Å². The average molecular weight is 369 g/mol. The maximum atomic E-state index is 12.0. The number of imidazole rings is 1. The van der Waals surface area contributed by atoms with E-state index in [1.54, 1.807) is 7.05 Å². The summed E-state index contributed by atoms with van der Waals surface area (Å²) in [6.07, 6.45) is 3.52. The number of hydrogen-bond acceptors (Lipinski definition) is 7. The Labute approximate surface area is 145 Å². The van der Waals surface area contributed by atoms with Crippen LogP contribution in [0.5, 0.6) is 0 Å². The predicted molar refractivity (Wildman–Crippen MR) is 99.0 cm³/mol. The van der Waals surface area contributed by atoms with Crippen molar-refractivity contribution in [2.45, 2.75) is 31.0 Å². The number of rotatable bonds is 5. The Hall–Kier alpha value is -1.67. The number of nitrogens with one attached hydrogen (secondary N) is 2. The van der Waals surface area contributed by atoms with Crippen LogP contribution in [0.2, 0.25) is 0 Å². The number of aromatic amines is 1. The summed E-state index contributed by atoms with van der Waals surface area (Å²) in [6, 6.07) is 0. The van der Waals surface area contributed by atoms with E-state index in [-0.39, 0.29) is 22.7 Å². The molecule has 25 heavy (non-hydrogen) atoms. The summed E-state index contributed by atoms with van der Waals surface area (Å²) < 4.78 is 7.38. The lowest BCUT2D eigenvalue weighted by atomic mass is 10.1. The Morgan fingerprint density at radius 1 is 1.44 bits per heavy atom. The molecule has 0 spiro atoms. The zero-order valence-electron chi connectivity index (χ0n) is 14.5. The molecule has 1 aliphatic rings. The molecule has 10 heteroatoms. The highest BCUT2D eigenvalue weighted by atomic mass is 31.2. The number of ether oxygens (including phenoxy) is 1. The highest BCUT2D eigenvalue weighted by Crippen LogP contribution is 2.39. The second-order valence-corrected chi connectivity index (χ2v) is 11.3. The highest BCUT2D eigenvalue weighted by Gasteiger charge is 2.44. The molecule has 4 N–H and O–H groups in total. The summed E-state index contributed by atoms with van der Waals surface area (Å²) >= 11 is 0. The summed E-state index contributed by atoms with van der Waals surface area (Å²) in [5.74, 6) is 0.285. The first-order chi connectivity index (χ1) is 11.7. The fraction of sp³-hybridized carbons (Fsp3) is 0.600. The number of aliphatic hydroxyl groups is 2. The zero-order chi connectivity index (χ0) is 18.4. The molecule has 0 aromatic carbocycles. The molecule has 4 atom stereocenters. The van der Waals surface area contributed by atoms with E-state index in [4.69, 9.17) is 4.74 Å². The second-order valence-electron chi connectivity index (χ2n) is 6.98. The van der Waals surface area contributed by atoms with Gasteiger partial charge in [0.25, 0.3) is 5.56 Å². The van der Waals surface area contributed by atoms with E-state index in [0.29, 0.717) is 6.42 Å². The van der Waals surface area contributed by atoms with Gasteiger partial charge in [-0.15, -0.1) is 13.2 Å². The molecule has 2 unspecified atom stereocenters. The first-order valence-electron chi connectivity index (χ1n) is 8.05. The van der Waals surface area contributed by atoms with E-state index in [1.807, 2.05) is 0 Å². The molecule has 1 saturated heterocycles. The number of hydrogen-bond donors (Lipinski definition) is 4. The van der Waals surface area contributed by atoms with Gasteiger partial charge in [0.2, 0.25) is 5.95 Å². The van der Waals surface area contributed by atoms with Gasteiger partial charge >= 0.3 is 0 Å². The van der Waals surface area contributed by atoms with E-state index >= 15 is 0 Å². The number of aliphatic hydroxyl groups excluding tert-OH is 2. The van der Waals surface area contributed by atoms with Crippen LogP contribution >= 0.6 is 6.89 Å². The summed E-state index contributed by atoms with van der Waals surface area (Å²) in [5, 5.41) is 23.5. The first-order valence-corrected chi connectivity index (χ1v) is 11.1. The number of H-pyrrole nitrogens is 1. The Balaban J connectivity index is 1.91. The molecule has 0 saturated carbocycles. The number of fused-ring (bicyclic) bond motifs is 1. The minimum absolute atomic E-state index is 0.151. The third-order valence-electron chi connectivity index (χ3n) is 4.30. The van der Waals surface area contributed by atoms with Crippen molar-refractivity contribution < 1.29 is 14.9 Å². The van der Waals surface area contributed by atoms with Gasteiger partial charge in [0.1, 0.15) is 12.2 Å². The van der Waals surface area contributed by atoms with Gasteiger partial charge in [-0.1, -0.05) is 0 Å². The minimum Gasteiger partial charge on any atom is -0.388 e. The lowest BCUT2D eigenvalue weighted by Crippen LogP contribution is -2.32. The van der Waals surface area contributed by atoms with E-state index in [0.717, 1.165) is 6.16 Å². The maximum Gasteiger partial charge on any atom is 0.280 e. The smallest absolute Gasteiger partial charge is 0.280 e. The van der Waals surface area contributed by atoms with Crippen LogP contribution in [-0.4, -0.2) is 80.9 Å². The molecule has 0 radical (unpaired) electrons. The lowest BCUT2D eigenvalue weighted by Gasteiger charge is -2.18. The number of aromatic nitrogens is 4. The Morgan fingerprint density at radius 2 is 2.16 bits per heavy atom. The standard InChI is InChI=1S/C15H24N5O4P/c1-16-15-18-12-9(13(23)19-15)17-7-20(12)14-11(22)10(21)8(24-14)5-6-25(2,3)4/h7-8,10-11,14,21-22H,2,5-6H2,1,3-4H3,(H2,16,18,19,23)/t8-,10-,11?,14?/m1/s1. The summed E-state index contributed by atoms with van der Waals surface area (Å²) in [7, 11) is 1.63. The lowest BCUT2D eigenvalue weighted by molar-refractivity contribution is -0.0353. The van der Waals surface area contributed by atoms with Crippen molar-refractivity contribution in [1.82, 2.24) is 19.5 Å². The van der Waals surface area contributed by atoms with Crippen molar-refractivity contribution in [3.63, 3.8) is 0 Å². The maximum absolute atomic E-state index is 12.0. The van der Waals surface area contributed by atoms with Crippen LogP contribution in [0.4, 0.5) is 5.95 Å². The second kappa shape index (κ2) is 6.57. The van der Waals surface area contributed by atoms with Crippen LogP contribution in [0.3, 0.4) is 0 Å². The molecule has 9 nitrogen and oxygen atoms in total. The van der Waals surface area contributed by atoms with Gasteiger partial charge in [0, 0.05) is 7.05 Å². The SMILES string of the molecule is C=P(C)(C)CC[C@H]1OC(n2cnc3c(=O)[nH]c(NC)nc32)C(O)[C@@H]1O. The van der Waals surface area contributed by atoms with Gasteiger partial charge in [-0.05, 0) is 25.9 Å². The third-order valence-corrected chi connectivity index (χ3v) is 5.77. The van der Waals surface area contributed by atoms with Crippen molar-refractivity contribution in [1.29, 1.82) is 0 Å². The van der Waals surface area contributed by atoms with Crippen molar-refractivity contribution in [3.05, 3.63) is 16.7 Å². The van der Waals surface area contributed by atoms with Gasteiger partial charge in [0.05, 0.1) is 12.4 Å². The largest absolute Gasteiger partial charge is 0.388 e. The van der Waals surface area contributed by atoms with E-state index < -0.39 is 31.4 Å². The van der Waals surface area contributed by atoms with Crippen LogP contribution in [-0.2, 0) is 4.74 Å². The molecular formula is C15H24N5O4P. The summed E-state index contributed by atoms with van der Waals surface area (Å²) in [4.78, 5) is 22.9. The predicted octanol–water partition coefficient (Wildman–Crippen LogP) is -0.120. The van der Waals surface area contributed by atoms with Gasteiger partial charge in [-0.2, -0.15) is 4.98 Å². The fourth-order valence-electron chi connectivity index (χ4n) is 2.91. The molecule has 138 valence electrons. The van der Waals surface area contributed by atoms with Gasteiger partial charge in [-0.3, -0.25) is 14.3 Å². The quantitative estimate of drug-likeness (QED) is 0.542. The molecule has 3 rings (SSSR count). The Kier molecular flexibility index (Phi) is 4.76. The topological polar surface area (TPSA) is 125 Å².